The Bertz CT molecular complexity index is 1090. The van der Waals surface area contributed by atoms with E-state index < -0.39 is 4.92 Å². The molecule has 1 aliphatic carbocycles. The average molecular weight is 500 g/mol. The predicted molar refractivity (Wildman–Crippen MR) is 122 cm³/mol. The molecular formula is C23H22BrN3O5. The third-order valence-corrected chi connectivity index (χ3v) is 6.13. The maximum atomic E-state index is 13.0. The Hall–Kier alpha value is -3.20. The summed E-state index contributed by atoms with van der Waals surface area (Å²) in [6.07, 6.45) is 6.44. The van der Waals surface area contributed by atoms with E-state index in [2.05, 4.69) is 21.2 Å². The standard InChI is InChI=1S/C23H22BrN3O5/c24-17-9-10-21(32-14-15-5-4-8-19(11-15)27(30)31)16(12-17)13-20-22(28)26(23(29)25-20)18-6-2-1-3-7-18/h4-5,8-13,18H,1-3,6-7,14H2,(H,25,29)/b20-13-. The molecule has 4 rings (SSSR count). The Balaban J connectivity index is 1.55. The monoisotopic (exact) mass is 499 g/mol. The van der Waals surface area contributed by atoms with Crippen molar-refractivity contribution in [2.75, 3.05) is 0 Å². The van der Waals surface area contributed by atoms with Crippen LogP contribution in [-0.4, -0.2) is 27.8 Å². The van der Waals surface area contributed by atoms with Crippen LogP contribution in [-0.2, 0) is 11.4 Å². The Labute approximate surface area is 193 Å². The van der Waals surface area contributed by atoms with E-state index in [1.165, 1.54) is 17.0 Å². The van der Waals surface area contributed by atoms with Crippen LogP contribution in [0, 0.1) is 10.1 Å². The number of nitro benzene ring substituents is 1. The van der Waals surface area contributed by atoms with E-state index in [0.29, 0.717) is 16.9 Å². The number of nitrogens with one attached hydrogen (secondary N) is 1. The highest BCUT2D eigenvalue weighted by Gasteiger charge is 2.39. The first-order valence-electron chi connectivity index (χ1n) is 10.4. The number of carbonyl (C=O) groups is 2. The average Bonchev–Trinajstić information content (AvgIpc) is 3.06. The number of nitrogens with zero attached hydrogens (tertiary/aromatic N) is 2. The van der Waals surface area contributed by atoms with Gasteiger partial charge in [0.2, 0.25) is 0 Å². The summed E-state index contributed by atoms with van der Waals surface area (Å²) in [6.45, 7) is 0.119. The summed E-state index contributed by atoms with van der Waals surface area (Å²) in [5, 5.41) is 13.7. The molecule has 3 amide bonds. The SMILES string of the molecule is O=C1N/C(=C\c2cc(Br)ccc2OCc2cccc([N+](=O)[O-])c2)C(=O)N1C1CCCCC1. The molecule has 2 fully saturated rings. The molecule has 1 saturated carbocycles. The number of amides is 3. The van der Waals surface area contributed by atoms with Crippen LogP contribution in [0.1, 0.15) is 43.2 Å². The second-order valence-electron chi connectivity index (χ2n) is 7.85. The summed E-state index contributed by atoms with van der Waals surface area (Å²) in [7, 11) is 0. The van der Waals surface area contributed by atoms with Crippen LogP contribution >= 0.6 is 15.9 Å². The van der Waals surface area contributed by atoms with E-state index in [1.54, 1.807) is 36.4 Å². The van der Waals surface area contributed by atoms with Gasteiger partial charge in [0.05, 0.1) is 4.92 Å². The van der Waals surface area contributed by atoms with Gasteiger partial charge in [0, 0.05) is 28.2 Å². The number of imide groups is 1. The number of benzene rings is 2. The molecule has 1 heterocycles. The fourth-order valence-electron chi connectivity index (χ4n) is 4.06. The number of non-ortho nitro benzene ring substituents is 1. The minimum absolute atomic E-state index is 0.00804. The maximum absolute atomic E-state index is 13.0. The van der Waals surface area contributed by atoms with E-state index in [4.69, 9.17) is 4.74 Å². The molecule has 0 spiro atoms. The van der Waals surface area contributed by atoms with Crippen molar-refractivity contribution in [3.8, 4) is 5.75 Å². The van der Waals surface area contributed by atoms with Crippen molar-refractivity contribution in [1.29, 1.82) is 0 Å². The molecule has 0 aromatic heterocycles. The first-order chi connectivity index (χ1) is 15.4. The number of carbonyl (C=O) groups excluding carboxylic acids is 2. The molecule has 32 heavy (non-hydrogen) atoms. The van der Waals surface area contributed by atoms with Crippen LogP contribution < -0.4 is 10.1 Å². The summed E-state index contributed by atoms with van der Waals surface area (Å²) >= 11 is 3.43. The summed E-state index contributed by atoms with van der Waals surface area (Å²) in [5.41, 5.74) is 1.46. The van der Waals surface area contributed by atoms with Gasteiger partial charge in [0.15, 0.2) is 0 Å². The first kappa shape index (κ1) is 22.0. The topological polar surface area (TPSA) is 102 Å². The van der Waals surface area contributed by atoms with Crippen molar-refractivity contribution < 1.29 is 19.2 Å². The molecule has 0 unspecified atom stereocenters. The lowest BCUT2D eigenvalue weighted by Crippen LogP contribution is -2.41. The lowest BCUT2D eigenvalue weighted by Gasteiger charge is -2.28. The number of halogens is 1. The molecule has 2 aromatic carbocycles. The number of ether oxygens (including phenoxy) is 1. The lowest BCUT2D eigenvalue weighted by molar-refractivity contribution is -0.384. The molecule has 9 heteroatoms. The quantitative estimate of drug-likeness (QED) is 0.256. The highest BCUT2D eigenvalue weighted by Crippen LogP contribution is 2.30. The Kier molecular flexibility index (Phi) is 6.55. The summed E-state index contributed by atoms with van der Waals surface area (Å²) in [6, 6.07) is 11.1. The third-order valence-electron chi connectivity index (χ3n) is 5.64. The molecule has 8 nitrogen and oxygen atoms in total. The van der Waals surface area contributed by atoms with Gasteiger partial charge in [-0.2, -0.15) is 0 Å². The van der Waals surface area contributed by atoms with E-state index >= 15 is 0 Å². The molecule has 166 valence electrons. The normalized spacial score (nSPS) is 18.2. The largest absolute Gasteiger partial charge is 0.488 e. The molecule has 0 bridgehead atoms. The van der Waals surface area contributed by atoms with Gasteiger partial charge >= 0.3 is 6.03 Å². The maximum Gasteiger partial charge on any atom is 0.329 e. The van der Waals surface area contributed by atoms with E-state index in [1.807, 2.05) is 0 Å². The van der Waals surface area contributed by atoms with Crippen molar-refractivity contribution in [3.05, 3.63) is 73.9 Å². The molecule has 2 aromatic rings. The molecular weight excluding hydrogens is 478 g/mol. The molecule has 1 N–H and O–H groups in total. The number of nitro groups is 1. The minimum Gasteiger partial charge on any atom is -0.488 e. The minimum atomic E-state index is -0.453. The van der Waals surface area contributed by atoms with Gasteiger partial charge in [-0.1, -0.05) is 47.3 Å². The van der Waals surface area contributed by atoms with Gasteiger partial charge in [-0.25, -0.2) is 4.79 Å². The van der Waals surface area contributed by atoms with Gasteiger partial charge in [-0.3, -0.25) is 19.8 Å². The first-order valence-corrected chi connectivity index (χ1v) is 11.2. The van der Waals surface area contributed by atoms with Crippen LogP contribution in [0.3, 0.4) is 0 Å². The smallest absolute Gasteiger partial charge is 0.329 e. The van der Waals surface area contributed by atoms with Crippen LogP contribution in [0.2, 0.25) is 0 Å². The summed E-state index contributed by atoms with van der Waals surface area (Å²) in [4.78, 5) is 37.3. The lowest BCUT2D eigenvalue weighted by atomic mass is 9.94. The molecule has 2 aliphatic rings. The number of urea groups is 1. The second-order valence-corrected chi connectivity index (χ2v) is 8.77. The Morgan fingerprint density at radius 2 is 1.94 bits per heavy atom. The number of hydrogen-bond acceptors (Lipinski definition) is 5. The van der Waals surface area contributed by atoms with Crippen molar-refractivity contribution in [3.63, 3.8) is 0 Å². The summed E-state index contributed by atoms with van der Waals surface area (Å²) in [5.74, 6) is 0.164. The van der Waals surface area contributed by atoms with Crippen LogP contribution in [0.15, 0.2) is 52.6 Å². The third kappa shape index (κ3) is 4.83. The van der Waals surface area contributed by atoms with Crippen LogP contribution in [0.4, 0.5) is 10.5 Å². The fourth-order valence-corrected chi connectivity index (χ4v) is 4.44. The molecule has 1 saturated heterocycles. The predicted octanol–water partition coefficient (Wildman–Crippen LogP) is 5.16. The van der Waals surface area contributed by atoms with Gasteiger partial charge in [0.25, 0.3) is 11.6 Å². The van der Waals surface area contributed by atoms with Crippen molar-refractivity contribution in [2.24, 2.45) is 0 Å². The van der Waals surface area contributed by atoms with Gasteiger partial charge in [-0.15, -0.1) is 0 Å². The Morgan fingerprint density at radius 1 is 1.16 bits per heavy atom. The number of hydrogen-bond donors (Lipinski definition) is 1. The molecule has 1 aliphatic heterocycles. The van der Waals surface area contributed by atoms with Crippen molar-refractivity contribution in [1.82, 2.24) is 10.2 Å². The number of rotatable bonds is 6. The molecule has 0 atom stereocenters. The highest BCUT2D eigenvalue weighted by atomic mass is 79.9. The van der Waals surface area contributed by atoms with Gasteiger partial charge < -0.3 is 10.1 Å². The summed E-state index contributed by atoms with van der Waals surface area (Å²) < 4.78 is 6.69. The Morgan fingerprint density at radius 3 is 2.69 bits per heavy atom. The van der Waals surface area contributed by atoms with Gasteiger partial charge in [-0.05, 0) is 42.7 Å². The van der Waals surface area contributed by atoms with E-state index in [9.17, 15) is 19.7 Å². The zero-order valence-electron chi connectivity index (χ0n) is 17.3. The van der Waals surface area contributed by atoms with Crippen LogP contribution in [0.5, 0.6) is 5.75 Å². The fraction of sp³-hybridized carbons (Fsp3) is 0.304. The highest BCUT2D eigenvalue weighted by molar-refractivity contribution is 9.10. The zero-order valence-corrected chi connectivity index (χ0v) is 18.8. The van der Waals surface area contributed by atoms with Crippen LogP contribution in [0.25, 0.3) is 6.08 Å². The van der Waals surface area contributed by atoms with Crippen molar-refractivity contribution in [2.45, 2.75) is 44.8 Å². The van der Waals surface area contributed by atoms with Crippen molar-refractivity contribution >= 4 is 39.6 Å². The van der Waals surface area contributed by atoms with E-state index in [0.717, 1.165) is 36.6 Å². The zero-order chi connectivity index (χ0) is 22.7. The molecule has 0 radical (unpaired) electrons. The van der Waals surface area contributed by atoms with E-state index in [-0.39, 0.29) is 36.0 Å². The van der Waals surface area contributed by atoms with Gasteiger partial charge in [0.1, 0.15) is 18.1 Å². The second kappa shape index (κ2) is 9.52.